The number of benzene rings is 2. The van der Waals surface area contributed by atoms with E-state index in [1.54, 1.807) is 0 Å². The molecule has 1 heterocycles. The fourth-order valence-electron chi connectivity index (χ4n) is 3.91. The summed E-state index contributed by atoms with van der Waals surface area (Å²) in [5.74, 6) is -0.141. The lowest BCUT2D eigenvalue weighted by molar-refractivity contribution is -0.122. The zero-order valence-electron chi connectivity index (χ0n) is 22.3. The van der Waals surface area contributed by atoms with Crippen LogP contribution >= 0.6 is 0 Å². The van der Waals surface area contributed by atoms with Crippen molar-refractivity contribution in [1.82, 2.24) is 9.62 Å². The molecule has 0 saturated carbocycles. The van der Waals surface area contributed by atoms with Gasteiger partial charge in [-0.3, -0.25) is 4.79 Å². The largest absolute Gasteiger partial charge is 0.454 e. The average Bonchev–Trinajstić information content (AvgIpc) is 3.36. The van der Waals surface area contributed by atoms with E-state index in [2.05, 4.69) is 18.2 Å². The van der Waals surface area contributed by atoms with E-state index in [9.17, 15) is 26.7 Å². The Bertz CT molecular complexity index is 1330. The molecule has 0 fully saturated rings. The third kappa shape index (κ3) is 9.85. The number of sulfone groups is 1. The molecule has 0 spiro atoms. The van der Waals surface area contributed by atoms with E-state index in [4.69, 9.17) is 9.47 Å². The summed E-state index contributed by atoms with van der Waals surface area (Å²) in [6, 6.07) is 12.6. The lowest BCUT2D eigenvalue weighted by Gasteiger charge is -2.30. The Labute approximate surface area is 231 Å². The van der Waals surface area contributed by atoms with Gasteiger partial charge >= 0.3 is 0 Å². The summed E-state index contributed by atoms with van der Waals surface area (Å²) < 4.78 is 61.9. The van der Waals surface area contributed by atoms with Crippen molar-refractivity contribution in [2.75, 3.05) is 31.9 Å². The molecular weight excluding hydrogens is 544 g/mol. The van der Waals surface area contributed by atoms with Crippen LogP contribution in [0.3, 0.4) is 0 Å². The fraction of sp³-hybridized carbons (Fsp3) is 0.444. The molecule has 0 aliphatic carbocycles. The van der Waals surface area contributed by atoms with Crippen LogP contribution in [0, 0.1) is 18.8 Å². The summed E-state index contributed by atoms with van der Waals surface area (Å²) in [6.07, 6.45) is 7.74. The zero-order chi connectivity index (χ0) is 29.2. The van der Waals surface area contributed by atoms with Crippen LogP contribution in [-0.2, 0) is 31.1 Å². The standard InChI is InChI=1S/C25H34N2O8S2.C2H2/c1-18(2)15-27(37(32,33)20-9-10-23-24(14-20)35-17-34-23)16-22(28)21(13-19-7-5-4-6-8-19)26-25(29)11-12-36(3,30)31;1-2/h4-10,14,18,21-22,28H,11-13,15-17H2,1-3H3,(H,26,29);1-2H/t21-,22+;/m0./s1. The van der Waals surface area contributed by atoms with Gasteiger partial charge in [0.05, 0.1) is 22.8 Å². The smallest absolute Gasteiger partial charge is 0.243 e. The van der Waals surface area contributed by atoms with Crippen LogP contribution in [0.2, 0.25) is 0 Å². The van der Waals surface area contributed by atoms with Crippen molar-refractivity contribution >= 4 is 25.8 Å². The van der Waals surface area contributed by atoms with Crippen molar-refractivity contribution < 1.29 is 36.2 Å². The van der Waals surface area contributed by atoms with Crippen LogP contribution in [0.25, 0.3) is 0 Å². The predicted molar refractivity (Wildman–Crippen MR) is 148 cm³/mol. The number of fused-ring (bicyclic) bond motifs is 1. The molecule has 12 heteroatoms. The van der Waals surface area contributed by atoms with Crippen LogP contribution in [0.1, 0.15) is 25.8 Å². The second kappa shape index (κ2) is 14.3. The molecule has 10 nitrogen and oxygen atoms in total. The molecule has 2 atom stereocenters. The first-order chi connectivity index (χ1) is 18.3. The van der Waals surface area contributed by atoms with E-state index in [0.29, 0.717) is 11.5 Å². The lowest BCUT2D eigenvalue weighted by atomic mass is 10.0. The van der Waals surface area contributed by atoms with Crippen LogP contribution in [-0.4, -0.2) is 76.2 Å². The van der Waals surface area contributed by atoms with Crippen LogP contribution in [0.15, 0.2) is 53.4 Å². The Hall–Kier alpha value is -3.11. The highest BCUT2D eigenvalue weighted by Crippen LogP contribution is 2.34. The number of terminal acetylenes is 1. The summed E-state index contributed by atoms with van der Waals surface area (Å²) in [6.45, 7) is 3.59. The zero-order valence-corrected chi connectivity index (χ0v) is 23.9. The minimum atomic E-state index is -4.03. The Morgan fingerprint density at radius 2 is 1.67 bits per heavy atom. The van der Waals surface area contributed by atoms with E-state index in [1.165, 1.54) is 22.5 Å². The highest BCUT2D eigenvalue weighted by Gasteiger charge is 2.32. The Morgan fingerprint density at radius 3 is 2.28 bits per heavy atom. The normalized spacial score (nSPS) is 14.4. The summed E-state index contributed by atoms with van der Waals surface area (Å²) in [5.41, 5.74) is 0.823. The minimum absolute atomic E-state index is 0.00129. The first-order valence-electron chi connectivity index (χ1n) is 12.3. The topological polar surface area (TPSA) is 139 Å². The monoisotopic (exact) mass is 580 g/mol. The molecule has 0 unspecified atom stereocenters. The number of sulfonamides is 1. The van der Waals surface area contributed by atoms with Crippen molar-refractivity contribution in [3.05, 3.63) is 54.1 Å². The van der Waals surface area contributed by atoms with Crippen molar-refractivity contribution in [2.45, 2.75) is 43.7 Å². The van der Waals surface area contributed by atoms with Gasteiger partial charge in [0, 0.05) is 31.8 Å². The van der Waals surface area contributed by atoms with Crippen molar-refractivity contribution in [2.24, 2.45) is 5.92 Å². The van der Waals surface area contributed by atoms with E-state index in [1.807, 2.05) is 44.2 Å². The number of hydrogen-bond donors (Lipinski definition) is 2. The molecule has 2 N–H and O–H groups in total. The maximum atomic E-state index is 13.6. The number of aliphatic hydroxyl groups excluding tert-OH is 1. The summed E-state index contributed by atoms with van der Waals surface area (Å²) in [7, 11) is -7.38. The number of rotatable bonds is 13. The van der Waals surface area contributed by atoms with Crippen molar-refractivity contribution in [3.8, 4) is 24.3 Å². The van der Waals surface area contributed by atoms with Gasteiger partial charge in [-0.25, -0.2) is 16.8 Å². The molecule has 0 radical (unpaired) electrons. The van der Waals surface area contributed by atoms with Crippen LogP contribution in [0.5, 0.6) is 11.5 Å². The lowest BCUT2D eigenvalue weighted by Crippen LogP contribution is -2.51. The number of aliphatic hydroxyl groups is 1. The highest BCUT2D eigenvalue weighted by atomic mass is 32.2. The molecule has 2 aromatic rings. The minimum Gasteiger partial charge on any atom is -0.454 e. The molecule has 1 aliphatic rings. The quantitative estimate of drug-likeness (QED) is 0.342. The highest BCUT2D eigenvalue weighted by molar-refractivity contribution is 7.90. The number of amides is 1. The number of hydrogen-bond acceptors (Lipinski definition) is 8. The third-order valence-corrected chi connectivity index (χ3v) is 8.52. The van der Waals surface area contributed by atoms with Crippen LogP contribution < -0.4 is 14.8 Å². The second-order valence-electron chi connectivity index (χ2n) is 9.54. The Kier molecular flexibility index (Phi) is 11.8. The van der Waals surface area contributed by atoms with Gasteiger partial charge < -0.3 is 19.9 Å². The predicted octanol–water partition coefficient (Wildman–Crippen LogP) is 1.83. The molecule has 2 aromatic carbocycles. The Morgan fingerprint density at radius 1 is 1.03 bits per heavy atom. The number of carbonyl (C=O) groups excluding carboxylic acids is 1. The van der Waals surface area contributed by atoms with Gasteiger partial charge in [0.2, 0.25) is 22.7 Å². The second-order valence-corrected chi connectivity index (χ2v) is 13.7. The van der Waals surface area contributed by atoms with Gasteiger partial charge in [0.25, 0.3) is 0 Å². The molecule has 1 aliphatic heterocycles. The summed E-state index contributed by atoms with van der Waals surface area (Å²) in [5, 5.41) is 13.9. The molecule has 39 heavy (non-hydrogen) atoms. The molecule has 214 valence electrons. The van der Waals surface area contributed by atoms with E-state index < -0.39 is 37.9 Å². The third-order valence-electron chi connectivity index (χ3n) is 5.75. The SMILES string of the molecule is C#C.CC(C)CN(C[C@@H](O)[C@H](Cc1ccccc1)NC(=O)CCS(C)(=O)=O)S(=O)(=O)c1ccc2c(c1)OCO2. The van der Waals surface area contributed by atoms with Gasteiger partial charge in [-0.05, 0) is 30.0 Å². The Balaban J connectivity index is 0.00000260. The first kappa shape index (κ1) is 32.1. The summed E-state index contributed by atoms with van der Waals surface area (Å²) >= 11 is 0. The van der Waals surface area contributed by atoms with E-state index in [-0.39, 0.29) is 49.3 Å². The number of ether oxygens (including phenoxy) is 2. The average molecular weight is 581 g/mol. The fourth-order valence-corrected chi connectivity index (χ4v) is 6.10. The van der Waals surface area contributed by atoms with Gasteiger partial charge in [0.1, 0.15) is 9.84 Å². The first-order valence-corrected chi connectivity index (χ1v) is 15.8. The molecule has 0 bridgehead atoms. The van der Waals surface area contributed by atoms with Gasteiger partial charge in [-0.1, -0.05) is 44.2 Å². The van der Waals surface area contributed by atoms with Gasteiger partial charge in [-0.2, -0.15) is 4.31 Å². The number of nitrogens with zero attached hydrogens (tertiary/aromatic N) is 1. The molecular formula is C27H36N2O8S2. The van der Waals surface area contributed by atoms with E-state index >= 15 is 0 Å². The van der Waals surface area contributed by atoms with Crippen molar-refractivity contribution in [1.29, 1.82) is 0 Å². The molecule has 0 aromatic heterocycles. The number of nitrogens with one attached hydrogen (secondary N) is 1. The maximum Gasteiger partial charge on any atom is 0.243 e. The van der Waals surface area contributed by atoms with Gasteiger partial charge in [-0.15, -0.1) is 12.8 Å². The van der Waals surface area contributed by atoms with E-state index in [0.717, 1.165) is 11.8 Å². The molecule has 1 amide bonds. The van der Waals surface area contributed by atoms with Crippen molar-refractivity contribution in [3.63, 3.8) is 0 Å². The van der Waals surface area contributed by atoms with Gasteiger partial charge in [0.15, 0.2) is 11.5 Å². The summed E-state index contributed by atoms with van der Waals surface area (Å²) in [4.78, 5) is 12.5. The molecule has 3 rings (SSSR count). The number of carbonyl (C=O) groups is 1. The van der Waals surface area contributed by atoms with Crippen LogP contribution in [0.4, 0.5) is 0 Å². The molecule has 0 saturated heterocycles. The maximum absolute atomic E-state index is 13.6.